The van der Waals surface area contributed by atoms with E-state index in [4.69, 9.17) is 12.2 Å². The van der Waals surface area contributed by atoms with Crippen LogP contribution in [0.2, 0.25) is 0 Å². The number of hydrogen-bond acceptors (Lipinski definition) is 5. The molecular formula is C17H20N6OS. The highest BCUT2D eigenvalue weighted by atomic mass is 32.1. The van der Waals surface area contributed by atoms with Gasteiger partial charge >= 0.3 is 0 Å². The lowest BCUT2D eigenvalue weighted by molar-refractivity contribution is -0.121. The lowest BCUT2D eigenvalue weighted by Gasteiger charge is -2.16. The molecule has 0 radical (unpaired) electrons. The number of anilines is 2. The van der Waals surface area contributed by atoms with E-state index in [1.807, 2.05) is 36.4 Å². The fourth-order valence-corrected chi connectivity index (χ4v) is 2.79. The lowest BCUT2D eigenvalue weighted by atomic mass is 10.3. The first-order chi connectivity index (χ1) is 12.2. The minimum absolute atomic E-state index is 0.157. The van der Waals surface area contributed by atoms with Crippen LogP contribution in [0.1, 0.15) is 18.5 Å². The number of amides is 1. The molecular weight excluding hydrogens is 336 g/mol. The van der Waals surface area contributed by atoms with E-state index in [1.165, 1.54) is 19.2 Å². The molecule has 3 N–H and O–H groups in total. The minimum Gasteiger partial charge on any atom is -0.357 e. The van der Waals surface area contributed by atoms with Crippen molar-refractivity contribution in [3.63, 3.8) is 0 Å². The molecule has 1 aromatic carbocycles. The topological polar surface area (TPSA) is 82.2 Å². The van der Waals surface area contributed by atoms with Crippen molar-refractivity contribution < 1.29 is 4.79 Å². The Morgan fingerprint density at radius 2 is 1.88 bits per heavy atom. The number of thiocarbonyl (C=S) groups is 1. The summed E-state index contributed by atoms with van der Waals surface area (Å²) in [7, 11) is 0. The van der Waals surface area contributed by atoms with E-state index < -0.39 is 0 Å². The number of carbonyl (C=O) groups excluding carboxylic acids is 1. The van der Waals surface area contributed by atoms with Crippen molar-refractivity contribution in [2.24, 2.45) is 0 Å². The van der Waals surface area contributed by atoms with Crippen molar-refractivity contribution >= 4 is 34.7 Å². The number of nitrogens with one attached hydrogen (secondary N) is 3. The smallest absolute Gasteiger partial charge is 0.244 e. The second-order valence-electron chi connectivity index (χ2n) is 5.73. The molecule has 1 saturated heterocycles. The van der Waals surface area contributed by atoms with Gasteiger partial charge < -0.3 is 10.2 Å². The highest BCUT2D eigenvalue weighted by molar-refractivity contribution is 7.80. The van der Waals surface area contributed by atoms with Crippen LogP contribution in [0.5, 0.6) is 0 Å². The first kappa shape index (κ1) is 17.1. The molecule has 25 heavy (non-hydrogen) atoms. The molecule has 1 amide bonds. The predicted molar refractivity (Wildman–Crippen MR) is 101 cm³/mol. The van der Waals surface area contributed by atoms with E-state index >= 15 is 0 Å². The Kier molecular flexibility index (Phi) is 5.73. The summed E-state index contributed by atoms with van der Waals surface area (Å²) in [6, 6.07) is 11.4. The number of hydrazine groups is 1. The number of aromatic nitrogens is 2. The molecule has 0 bridgehead atoms. The number of rotatable bonds is 4. The van der Waals surface area contributed by atoms with Gasteiger partial charge in [-0.25, -0.2) is 9.97 Å². The molecule has 2 aromatic rings. The molecule has 130 valence electrons. The molecule has 1 aliphatic rings. The molecule has 8 heteroatoms. The van der Waals surface area contributed by atoms with Gasteiger partial charge in [-0.15, -0.1) is 0 Å². The maximum atomic E-state index is 12.1. The summed E-state index contributed by atoms with van der Waals surface area (Å²) in [5, 5.41) is 3.30. The summed E-state index contributed by atoms with van der Waals surface area (Å²) in [6.07, 6.45) is 4.01. The van der Waals surface area contributed by atoms with E-state index in [9.17, 15) is 4.79 Å². The van der Waals surface area contributed by atoms with Gasteiger partial charge in [0.25, 0.3) is 0 Å². The van der Waals surface area contributed by atoms with Crippen molar-refractivity contribution in [2.75, 3.05) is 23.3 Å². The van der Waals surface area contributed by atoms with Crippen LogP contribution in [0, 0.1) is 0 Å². The molecule has 1 aromatic heterocycles. The zero-order valence-corrected chi connectivity index (χ0v) is 14.6. The number of carbonyl (C=O) groups is 1. The van der Waals surface area contributed by atoms with Gasteiger partial charge in [-0.1, -0.05) is 18.2 Å². The second-order valence-corrected chi connectivity index (χ2v) is 6.14. The number of para-hydroxylation sites is 1. The monoisotopic (exact) mass is 356 g/mol. The van der Waals surface area contributed by atoms with E-state index in [0.29, 0.717) is 10.8 Å². The summed E-state index contributed by atoms with van der Waals surface area (Å²) in [4.78, 5) is 22.7. The fraction of sp³-hybridized carbons (Fsp3) is 0.294. The first-order valence-electron chi connectivity index (χ1n) is 8.17. The SMILES string of the molecule is O=C(Cc1cc(N2CCCC2)ncn1)NNC(=S)Nc1ccccc1. The summed E-state index contributed by atoms with van der Waals surface area (Å²) in [5.74, 6) is 0.660. The predicted octanol–water partition coefficient (Wildman–Crippen LogP) is 1.64. The number of nitrogens with zero attached hydrogens (tertiary/aromatic N) is 3. The van der Waals surface area contributed by atoms with E-state index in [1.54, 1.807) is 0 Å². The van der Waals surface area contributed by atoms with Crippen LogP contribution in [-0.4, -0.2) is 34.1 Å². The molecule has 0 unspecified atom stereocenters. The highest BCUT2D eigenvalue weighted by Crippen LogP contribution is 2.17. The van der Waals surface area contributed by atoms with Gasteiger partial charge in [0.15, 0.2) is 5.11 Å². The third kappa shape index (κ3) is 5.12. The Bertz CT molecular complexity index is 733. The van der Waals surface area contributed by atoms with Crippen molar-refractivity contribution in [1.82, 2.24) is 20.8 Å². The van der Waals surface area contributed by atoms with Gasteiger partial charge in [0, 0.05) is 24.8 Å². The molecule has 7 nitrogen and oxygen atoms in total. The van der Waals surface area contributed by atoms with Crippen LogP contribution in [-0.2, 0) is 11.2 Å². The van der Waals surface area contributed by atoms with Gasteiger partial charge in [-0.2, -0.15) is 0 Å². The van der Waals surface area contributed by atoms with Gasteiger partial charge in [-0.3, -0.25) is 15.6 Å². The fourth-order valence-electron chi connectivity index (χ4n) is 2.62. The standard InChI is InChI=1S/C17H20N6OS/c24-16(21-22-17(25)20-13-6-2-1-3-7-13)11-14-10-15(19-12-18-14)23-8-4-5-9-23/h1-3,6-7,10,12H,4-5,8-9,11H2,(H,21,24)(H2,20,22,25). The zero-order chi connectivity index (χ0) is 17.5. The Labute approximate surface area is 151 Å². The molecule has 2 heterocycles. The zero-order valence-electron chi connectivity index (χ0n) is 13.7. The maximum Gasteiger partial charge on any atom is 0.244 e. The molecule has 0 aliphatic carbocycles. The van der Waals surface area contributed by atoms with Crippen molar-refractivity contribution in [2.45, 2.75) is 19.3 Å². The average molecular weight is 356 g/mol. The van der Waals surface area contributed by atoms with Crippen LogP contribution in [0.15, 0.2) is 42.7 Å². The maximum absolute atomic E-state index is 12.1. The van der Waals surface area contributed by atoms with Crippen molar-refractivity contribution in [3.05, 3.63) is 48.4 Å². The highest BCUT2D eigenvalue weighted by Gasteiger charge is 2.15. The number of hydrogen-bond donors (Lipinski definition) is 3. The van der Waals surface area contributed by atoms with Crippen LogP contribution < -0.4 is 21.1 Å². The number of benzene rings is 1. The normalized spacial score (nSPS) is 13.4. The summed E-state index contributed by atoms with van der Waals surface area (Å²) in [5.41, 5.74) is 6.79. The molecule has 0 atom stereocenters. The molecule has 1 fully saturated rings. The molecule has 0 saturated carbocycles. The average Bonchev–Trinajstić information content (AvgIpc) is 3.16. The van der Waals surface area contributed by atoms with Gasteiger partial charge in [0.2, 0.25) is 5.91 Å². The van der Waals surface area contributed by atoms with Crippen LogP contribution in [0.4, 0.5) is 11.5 Å². The van der Waals surface area contributed by atoms with E-state index in [2.05, 4.69) is 31.0 Å². The van der Waals surface area contributed by atoms with Crippen molar-refractivity contribution in [1.29, 1.82) is 0 Å². The van der Waals surface area contributed by atoms with Gasteiger partial charge in [-0.05, 0) is 37.2 Å². The summed E-state index contributed by atoms with van der Waals surface area (Å²) in [6.45, 7) is 2.01. The Morgan fingerprint density at radius 3 is 2.64 bits per heavy atom. The summed E-state index contributed by atoms with van der Waals surface area (Å²) >= 11 is 5.14. The van der Waals surface area contributed by atoms with Gasteiger partial charge in [0.05, 0.1) is 12.1 Å². The van der Waals surface area contributed by atoms with E-state index in [0.717, 1.165) is 24.6 Å². The van der Waals surface area contributed by atoms with Crippen LogP contribution in [0.25, 0.3) is 0 Å². The van der Waals surface area contributed by atoms with Crippen LogP contribution in [0.3, 0.4) is 0 Å². The van der Waals surface area contributed by atoms with E-state index in [-0.39, 0.29) is 12.3 Å². The lowest BCUT2D eigenvalue weighted by Crippen LogP contribution is -2.44. The second kappa shape index (κ2) is 8.39. The molecule has 0 spiro atoms. The first-order valence-corrected chi connectivity index (χ1v) is 8.58. The third-order valence-corrected chi connectivity index (χ3v) is 4.03. The Balaban J connectivity index is 1.47. The molecule has 1 aliphatic heterocycles. The minimum atomic E-state index is -0.219. The van der Waals surface area contributed by atoms with Crippen molar-refractivity contribution in [3.8, 4) is 0 Å². The quantitative estimate of drug-likeness (QED) is 0.567. The van der Waals surface area contributed by atoms with Gasteiger partial charge in [0.1, 0.15) is 12.1 Å². The molecule has 3 rings (SSSR count). The third-order valence-electron chi connectivity index (χ3n) is 3.83. The summed E-state index contributed by atoms with van der Waals surface area (Å²) < 4.78 is 0. The van der Waals surface area contributed by atoms with Crippen LogP contribution >= 0.6 is 12.2 Å². The largest absolute Gasteiger partial charge is 0.357 e. The Morgan fingerprint density at radius 1 is 1.12 bits per heavy atom. The Hall–Kier alpha value is -2.74.